The molecule has 1 heteroatoms. The second-order valence-corrected chi connectivity index (χ2v) is 4.34. The summed E-state index contributed by atoms with van der Waals surface area (Å²) < 4.78 is 0. The third kappa shape index (κ3) is 3.57. The van der Waals surface area contributed by atoms with E-state index in [1.54, 1.807) is 0 Å². The SMILES string of the molecule is CCCCC(C)CC1CCNC1. The summed E-state index contributed by atoms with van der Waals surface area (Å²) in [6.45, 7) is 7.22. The Kier molecular flexibility index (Phi) is 4.67. The Morgan fingerprint density at radius 3 is 2.92 bits per heavy atom. The first kappa shape index (κ1) is 10.0. The summed E-state index contributed by atoms with van der Waals surface area (Å²) in [6, 6.07) is 0. The van der Waals surface area contributed by atoms with Crippen molar-refractivity contribution in [2.24, 2.45) is 11.8 Å². The smallest absolute Gasteiger partial charge is 0.00199 e. The van der Waals surface area contributed by atoms with E-state index in [0.717, 1.165) is 11.8 Å². The minimum atomic E-state index is 0.954. The minimum absolute atomic E-state index is 0.954. The fourth-order valence-corrected chi connectivity index (χ4v) is 2.16. The lowest BCUT2D eigenvalue weighted by molar-refractivity contribution is 0.385. The first-order valence-corrected chi connectivity index (χ1v) is 5.53. The van der Waals surface area contributed by atoms with Gasteiger partial charge in [-0.2, -0.15) is 0 Å². The highest BCUT2D eigenvalue weighted by Crippen LogP contribution is 2.21. The van der Waals surface area contributed by atoms with E-state index in [4.69, 9.17) is 0 Å². The molecule has 1 aliphatic heterocycles. The van der Waals surface area contributed by atoms with Crippen molar-refractivity contribution in [3.63, 3.8) is 0 Å². The van der Waals surface area contributed by atoms with Gasteiger partial charge in [0.15, 0.2) is 0 Å². The molecule has 0 amide bonds. The van der Waals surface area contributed by atoms with Crippen molar-refractivity contribution in [2.45, 2.75) is 46.0 Å². The molecule has 0 saturated carbocycles. The van der Waals surface area contributed by atoms with Gasteiger partial charge in [0.25, 0.3) is 0 Å². The van der Waals surface area contributed by atoms with Crippen LogP contribution in [0.3, 0.4) is 0 Å². The van der Waals surface area contributed by atoms with Gasteiger partial charge in [-0.1, -0.05) is 33.1 Å². The van der Waals surface area contributed by atoms with Gasteiger partial charge >= 0.3 is 0 Å². The topological polar surface area (TPSA) is 12.0 Å². The maximum atomic E-state index is 3.43. The van der Waals surface area contributed by atoms with Crippen LogP contribution in [0.15, 0.2) is 0 Å². The Balaban J connectivity index is 2.03. The average Bonchev–Trinajstić information content (AvgIpc) is 2.53. The lowest BCUT2D eigenvalue weighted by atomic mass is 9.91. The van der Waals surface area contributed by atoms with E-state index in [0.29, 0.717) is 0 Å². The highest BCUT2D eigenvalue weighted by atomic mass is 14.9. The molecule has 0 radical (unpaired) electrons. The number of hydrogen-bond donors (Lipinski definition) is 1. The number of rotatable bonds is 5. The summed E-state index contributed by atoms with van der Waals surface area (Å²) in [6.07, 6.45) is 7.07. The molecule has 1 aliphatic rings. The molecule has 0 spiro atoms. The van der Waals surface area contributed by atoms with E-state index in [2.05, 4.69) is 19.2 Å². The van der Waals surface area contributed by atoms with Crippen LogP contribution < -0.4 is 5.32 Å². The molecule has 0 aliphatic carbocycles. The van der Waals surface area contributed by atoms with E-state index in [1.165, 1.54) is 45.2 Å². The van der Waals surface area contributed by atoms with Crippen LogP contribution in [-0.4, -0.2) is 13.1 Å². The molecule has 12 heavy (non-hydrogen) atoms. The van der Waals surface area contributed by atoms with Gasteiger partial charge in [0.2, 0.25) is 0 Å². The minimum Gasteiger partial charge on any atom is -0.316 e. The molecule has 72 valence electrons. The lowest BCUT2D eigenvalue weighted by Gasteiger charge is -2.14. The zero-order valence-corrected chi connectivity index (χ0v) is 8.60. The van der Waals surface area contributed by atoms with Crippen molar-refractivity contribution in [2.75, 3.05) is 13.1 Å². The summed E-state index contributed by atoms with van der Waals surface area (Å²) in [7, 11) is 0. The molecule has 0 aromatic heterocycles. The van der Waals surface area contributed by atoms with Crippen molar-refractivity contribution in [1.29, 1.82) is 0 Å². The van der Waals surface area contributed by atoms with Gasteiger partial charge in [-0.05, 0) is 37.8 Å². The van der Waals surface area contributed by atoms with E-state index in [-0.39, 0.29) is 0 Å². The molecule has 1 saturated heterocycles. The first-order valence-electron chi connectivity index (χ1n) is 5.53. The molecule has 1 nitrogen and oxygen atoms in total. The summed E-state index contributed by atoms with van der Waals surface area (Å²) in [5.41, 5.74) is 0. The molecular weight excluding hydrogens is 146 g/mol. The van der Waals surface area contributed by atoms with Crippen LogP contribution in [-0.2, 0) is 0 Å². The first-order chi connectivity index (χ1) is 5.83. The lowest BCUT2D eigenvalue weighted by Crippen LogP contribution is -2.11. The molecule has 0 aromatic rings. The van der Waals surface area contributed by atoms with Gasteiger partial charge in [-0.15, -0.1) is 0 Å². The molecule has 1 heterocycles. The Morgan fingerprint density at radius 2 is 2.33 bits per heavy atom. The van der Waals surface area contributed by atoms with Crippen molar-refractivity contribution < 1.29 is 0 Å². The Labute approximate surface area is 76.9 Å². The van der Waals surface area contributed by atoms with Crippen molar-refractivity contribution in [3.05, 3.63) is 0 Å². The molecule has 2 atom stereocenters. The highest BCUT2D eigenvalue weighted by molar-refractivity contribution is 4.72. The van der Waals surface area contributed by atoms with Gasteiger partial charge < -0.3 is 5.32 Å². The predicted octanol–water partition coefficient (Wildman–Crippen LogP) is 2.81. The standard InChI is InChI=1S/C11H23N/c1-3-4-5-10(2)8-11-6-7-12-9-11/h10-12H,3-9H2,1-2H3. The number of unbranched alkanes of at least 4 members (excludes halogenated alkanes) is 1. The number of nitrogens with one attached hydrogen (secondary N) is 1. The van der Waals surface area contributed by atoms with Gasteiger partial charge in [0.05, 0.1) is 0 Å². The van der Waals surface area contributed by atoms with E-state index in [9.17, 15) is 0 Å². The van der Waals surface area contributed by atoms with Crippen molar-refractivity contribution in [1.82, 2.24) is 5.32 Å². The third-order valence-corrected chi connectivity index (χ3v) is 2.95. The fraction of sp³-hybridized carbons (Fsp3) is 1.00. The van der Waals surface area contributed by atoms with Crippen molar-refractivity contribution in [3.8, 4) is 0 Å². The zero-order chi connectivity index (χ0) is 8.81. The molecule has 1 fully saturated rings. The summed E-state index contributed by atoms with van der Waals surface area (Å²) in [5, 5.41) is 3.43. The van der Waals surface area contributed by atoms with Crippen LogP contribution in [0.1, 0.15) is 46.0 Å². The maximum Gasteiger partial charge on any atom is -0.00199 e. The highest BCUT2D eigenvalue weighted by Gasteiger charge is 2.16. The van der Waals surface area contributed by atoms with Gasteiger partial charge in [0.1, 0.15) is 0 Å². The largest absolute Gasteiger partial charge is 0.316 e. The second kappa shape index (κ2) is 5.58. The quantitative estimate of drug-likeness (QED) is 0.667. The molecular formula is C11H23N. The Morgan fingerprint density at radius 1 is 1.50 bits per heavy atom. The summed E-state index contributed by atoms with van der Waals surface area (Å²) in [5.74, 6) is 1.94. The second-order valence-electron chi connectivity index (χ2n) is 4.34. The Bertz CT molecular complexity index is 106. The average molecular weight is 169 g/mol. The summed E-state index contributed by atoms with van der Waals surface area (Å²) in [4.78, 5) is 0. The maximum absolute atomic E-state index is 3.43. The third-order valence-electron chi connectivity index (χ3n) is 2.95. The molecule has 1 N–H and O–H groups in total. The Hall–Kier alpha value is -0.0400. The predicted molar refractivity (Wildman–Crippen MR) is 54.3 cm³/mol. The fourth-order valence-electron chi connectivity index (χ4n) is 2.16. The van der Waals surface area contributed by atoms with Crippen LogP contribution >= 0.6 is 0 Å². The van der Waals surface area contributed by atoms with E-state index in [1.807, 2.05) is 0 Å². The van der Waals surface area contributed by atoms with Crippen LogP contribution in [0, 0.1) is 11.8 Å². The van der Waals surface area contributed by atoms with E-state index < -0.39 is 0 Å². The summed E-state index contributed by atoms with van der Waals surface area (Å²) >= 11 is 0. The van der Waals surface area contributed by atoms with Gasteiger partial charge in [-0.3, -0.25) is 0 Å². The van der Waals surface area contributed by atoms with E-state index >= 15 is 0 Å². The molecule has 0 aromatic carbocycles. The number of hydrogen-bond acceptors (Lipinski definition) is 1. The van der Waals surface area contributed by atoms with Gasteiger partial charge in [0, 0.05) is 0 Å². The van der Waals surface area contributed by atoms with Crippen molar-refractivity contribution >= 4 is 0 Å². The van der Waals surface area contributed by atoms with Crippen LogP contribution in [0.2, 0.25) is 0 Å². The monoisotopic (exact) mass is 169 g/mol. The normalized spacial score (nSPS) is 26.0. The van der Waals surface area contributed by atoms with Gasteiger partial charge in [-0.25, -0.2) is 0 Å². The molecule has 1 rings (SSSR count). The van der Waals surface area contributed by atoms with Crippen LogP contribution in [0.4, 0.5) is 0 Å². The van der Waals surface area contributed by atoms with Crippen LogP contribution in [0.5, 0.6) is 0 Å². The molecule has 2 unspecified atom stereocenters. The zero-order valence-electron chi connectivity index (χ0n) is 8.60. The molecule has 0 bridgehead atoms. The van der Waals surface area contributed by atoms with Crippen LogP contribution in [0.25, 0.3) is 0 Å².